The van der Waals surface area contributed by atoms with Crippen molar-refractivity contribution in [3.8, 4) is 6.07 Å². The lowest BCUT2D eigenvalue weighted by molar-refractivity contribution is 0.0140. The predicted molar refractivity (Wildman–Crippen MR) is 114 cm³/mol. The number of hydrogen-bond acceptors (Lipinski definition) is 5. The zero-order valence-corrected chi connectivity index (χ0v) is 17.2. The Balaban J connectivity index is 1.57. The Morgan fingerprint density at radius 3 is 2.57 bits per heavy atom. The van der Waals surface area contributed by atoms with E-state index in [1.165, 1.54) is 4.90 Å². The molecular formula is C22H16ClN3O3S. The number of hydrogen-bond donors (Lipinski definition) is 2. The lowest BCUT2D eigenvalue weighted by atomic mass is 10.1. The molecule has 30 heavy (non-hydrogen) atoms. The molecule has 1 aromatic heterocycles. The van der Waals surface area contributed by atoms with E-state index in [1.807, 2.05) is 24.3 Å². The molecule has 0 saturated carbocycles. The van der Waals surface area contributed by atoms with Crippen LogP contribution in [0.5, 0.6) is 0 Å². The number of thiophene rings is 1. The highest BCUT2D eigenvalue weighted by molar-refractivity contribution is 7.18. The first kappa shape index (κ1) is 20.1. The second-order valence-corrected chi connectivity index (χ2v) is 8.50. The van der Waals surface area contributed by atoms with E-state index in [0.717, 1.165) is 22.5 Å². The van der Waals surface area contributed by atoms with Gasteiger partial charge in [-0.2, -0.15) is 5.26 Å². The van der Waals surface area contributed by atoms with Crippen molar-refractivity contribution in [2.45, 2.75) is 19.2 Å². The van der Waals surface area contributed by atoms with Gasteiger partial charge in [0.2, 0.25) is 0 Å². The van der Waals surface area contributed by atoms with Crippen molar-refractivity contribution in [2.24, 2.45) is 0 Å². The molecule has 2 aromatic carbocycles. The number of carbonyl (C=O) groups is 2. The molecule has 2 amide bonds. The first-order valence-corrected chi connectivity index (χ1v) is 10.3. The Morgan fingerprint density at radius 1 is 1.17 bits per heavy atom. The number of amides is 2. The van der Waals surface area contributed by atoms with Gasteiger partial charge in [0.15, 0.2) is 6.23 Å². The lowest BCUT2D eigenvalue weighted by Crippen LogP contribution is -2.27. The topological polar surface area (TPSA) is 93.4 Å². The third kappa shape index (κ3) is 3.81. The molecule has 1 unspecified atom stereocenters. The maximum Gasteiger partial charge on any atom is 0.265 e. The minimum absolute atomic E-state index is 0.204. The summed E-state index contributed by atoms with van der Waals surface area (Å²) in [6.45, 7) is 0.204. The zero-order valence-electron chi connectivity index (χ0n) is 15.6. The molecule has 0 aliphatic carbocycles. The maximum absolute atomic E-state index is 12.9. The molecule has 0 spiro atoms. The molecule has 3 aromatic rings. The van der Waals surface area contributed by atoms with Gasteiger partial charge in [-0.3, -0.25) is 9.59 Å². The monoisotopic (exact) mass is 437 g/mol. The largest absolute Gasteiger partial charge is 0.369 e. The van der Waals surface area contributed by atoms with Gasteiger partial charge in [-0.25, -0.2) is 0 Å². The molecule has 1 aliphatic rings. The fourth-order valence-corrected chi connectivity index (χ4v) is 4.33. The summed E-state index contributed by atoms with van der Waals surface area (Å²) in [5.74, 6) is -0.666. The highest BCUT2D eigenvalue weighted by atomic mass is 35.5. The summed E-state index contributed by atoms with van der Waals surface area (Å²) in [5, 5.41) is 22.4. The highest BCUT2D eigenvalue weighted by Crippen LogP contribution is 2.38. The van der Waals surface area contributed by atoms with Gasteiger partial charge in [-0.1, -0.05) is 41.9 Å². The van der Waals surface area contributed by atoms with E-state index in [2.05, 4.69) is 11.4 Å². The van der Waals surface area contributed by atoms with Crippen molar-refractivity contribution in [3.63, 3.8) is 0 Å². The summed E-state index contributed by atoms with van der Waals surface area (Å²) in [5.41, 5.74) is 2.83. The van der Waals surface area contributed by atoms with Gasteiger partial charge in [-0.05, 0) is 35.4 Å². The summed E-state index contributed by atoms with van der Waals surface area (Å²) < 4.78 is 0.501. The molecule has 6 nitrogen and oxygen atoms in total. The molecule has 0 radical (unpaired) electrons. The van der Waals surface area contributed by atoms with Crippen LogP contribution in [0.15, 0.2) is 54.6 Å². The minimum atomic E-state index is -1.19. The van der Waals surface area contributed by atoms with Crippen LogP contribution < -0.4 is 5.32 Å². The van der Waals surface area contributed by atoms with Crippen molar-refractivity contribution in [3.05, 3.63) is 86.1 Å². The average Bonchev–Trinajstić information content (AvgIpc) is 3.27. The summed E-state index contributed by atoms with van der Waals surface area (Å²) >= 11 is 7.05. The molecule has 2 heterocycles. The van der Waals surface area contributed by atoms with Crippen molar-refractivity contribution >= 4 is 40.4 Å². The normalized spacial score (nSPS) is 15.0. The van der Waals surface area contributed by atoms with Crippen LogP contribution in [0.3, 0.4) is 0 Å². The first-order valence-electron chi connectivity index (χ1n) is 9.11. The second-order valence-electron chi connectivity index (χ2n) is 6.78. The molecule has 8 heteroatoms. The van der Waals surface area contributed by atoms with E-state index in [4.69, 9.17) is 16.9 Å². The van der Waals surface area contributed by atoms with Crippen LogP contribution in [-0.4, -0.2) is 21.8 Å². The maximum atomic E-state index is 12.9. The van der Waals surface area contributed by atoms with Crippen molar-refractivity contribution in [1.82, 2.24) is 4.90 Å². The third-order valence-corrected chi connectivity index (χ3v) is 6.08. The van der Waals surface area contributed by atoms with Crippen LogP contribution in [0.25, 0.3) is 0 Å². The SMILES string of the molecule is N#CCc1ccc(CN2C(=O)c3cccc(NC(=O)c4ccc(Cl)s4)c3C2O)cc1. The smallest absolute Gasteiger partial charge is 0.265 e. The number of halogens is 1. The van der Waals surface area contributed by atoms with Crippen LogP contribution >= 0.6 is 22.9 Å². The molecule has 0 fully saturated rings. The number of benzene rings is 2. The van der Waals surface area contributed by atoms with E-state index in [1.54, 1.807) is 30.3 Å². The van der Waals surface area contributed by atoms with Crippen LogP contribution in [0, 0.1) is 11.3 Å². The number of anilines is 1. The molecule has 150 valence electrons. The van der Waals surface area contributed by atoms with Crippen molar-refractivity contribution in [2.75, 3.05) is 5.32 Å². The van der Waals surface area contributed by atoms with E-state index in [9.17, 15) is 14.7 Å². The number of nitrogens with zero attached hydrogens (tertiary/aromatic N) is 2. The molecule has 1 atom stereocenters. The van der Waals surface area contributed by atoms with E-state index < -0.39 is 6.23 Å². The van der Waals surface area contributed by atoms with Gasteiger partial charge in [0.05, 0.1) is 21.7 Å². The molecular weight excluding hydrogens is 422 g/mol. The fourth-order valence-electron chi connectivity index (χ4n) is 3.39. The van der Waals surface area contributed by atoms with Gasteiger partial charge in [0.1, 0.15) is 0 Å². The Labute approximate surface area is 181 Å². The van der Waals surface area contributed by atoms with E-state index in [-0.39, 0.29) is 18.4 Å². The van der Waals surface area contributed by atoms with Crippen LogP contribution in [0.4, 0.5) is 5.69 Å². The third-order valence-electron chi connectivity index (χ3n) is 4.86. The second kappa shape index (κ2) is 8.28. The minimum Gasteiger partial charge on any atom is -0.369 e. The molecule has 0 saturated heterocycles. The van der Waals surface area contributed by atoms with Gasteiger partial charge in [0.25, 0.3) is 11.8 Å². The number of nitrogens with one attached hydrogen (secondary N) is 1. The quantitative estimate of drug-likeness (QED) is 0.619. The van der Waals surface area contributed by atoms with Gasteiger partial charge in [0, 0.05) is 23.4 Å². The zero-order chi connectivity index (χ0) is 21.3. The van der Waals surface area contributed by atoms with Crippen LogP contribution in [0.2, 0.25) is 4.34 Å². The summed E-state index contributed by atoms with van der Waals surface area (Å²) in [7, 11) is 0. The van der Waals surface area contributed by atoms with Crippen LogP contribution in [-0.2, 0) is 13.0 Å². The molecule has 2 N–H and O–H groups in total. The van der Waals surface area contributed by atoms with Gasteiger partial charge in [-0.15, -0.1) is 11.3 Å². The number of rotatable bonds is 5. The lowest BCUT2D eigenvalue weighted by Gasteiger charge is -2.22. The summed E-state index contributed by atoms with van der Waals surface area (Å²) in [6, 6.07) is 17.6. The number of carbonyl (C=O) groups excluding carboxylic acids is 2. The van der Waals surface area contributed by atoms with Gasteiger partial charge < -0.3 is 15.3 Å². The Kier molecular flexibility index (Phi) is 5.55. The predicted octanol–water partition coefficient (Wildman–Crippen LogP) is 4.37. The van der Waals surface area contributed by atoms with Crippen LogP contribution in [0.1, 0.15) is 42.9 Å². The van der Waals surface area contributed by atoms with E-state index >= 15 is 0 Å². The highest BCUT2D eigenvalue weighted by Gasteiger charge is 2.37. The molecule has 1 aliphatic heterocycles. The molecule has 0 bridgehead atoms. The van der Waals surface area contributed by atoms with Crippen molar-refractivity contribution < 1.29 is 14.7 Å². The number of nitriles is 1. The Hall–Kier alpha value is -3.18. The number of aliphatic hydroxyl groups excluding tert-OH is 1. The first-order chi connectivity index (χ1) is 14.5. The summed E-state index contributed by atoms with van der Waals surface area (Å²) in [6.07, 6.45) is -0.870. The fraction of sp³-hybridized carbons (Fsp3) is 0.136. The molecule has 4 rings (SSSR count). The van der Waals surface area contributed by atoms with Gasteiger partial charge >= 0.3 is 0 Å². The Morgan fingerprint density at radius 2 is 1.90 bits per heavy atom. The summed E-state index contributed by atoms with van der Waals surface area (Å²) in [4.78, 5) is 27.2. The van der Waals surface area contributed by atoms with Crippen molar-refractivity contribution in [1.29, 1.82) is 5.26 Å². The Bertz CT molecular complexity index is 1170. The number of fused-ring (bicyclic) bond motifs is 1. The number of aliphatic hydroxyl groups is 1. The van der Waals surface area contributed by atoms with E-state index in [0.29, 0.717) is 32.4 Å². The average molecular weight is 438 g/mol. The standard InChI is InChI=1S/C22H16ClN3O3S/c23-18-9-8-17(30-18)20(27)25-16-3-1-2-15-19(16)22(29)26(21(15)28)12-14-6-4-13(5-7-14)10-11-24/h1-9,22,29H,10,12H2,(H,25,27).